The average molecular weight is 387 g/mol. The number of nitrogens with one attached hydrogen (secondary N) is 1. The van der Waals surface area contributed by atoms with E-state index in [0.717, 1.165) is 0 Å². The summed E-state index contributed by atoms with van der Waals surface area (Å²) in [5.74, 6) is 0. The van der Waals surface area contributed by atoms with Crippen molar-refractivity contribution in [3.05, 3.63) is 51.5 Å². The molecule has 2 aromatic rings. The van der Waals surface area contributed by atoms with Crippen molar-refractivity contribution in [3.63, 3.8) is 0 Å². The summed E-state index contributed by atoms with van der Waals surface area (Å²) in [6, 6.07) is 10.7. The van der Waals surface area contributed by atoms with Gasteiger partial charge in [0.2, 0.25) is 0 Å². The van der Waals surface area contributed by atoms with Crippen LogP contribution < -0.4 is 10.5 Å². The van der Waals surface area contributed by atoms with E-state index in [-0.39, 0.29) is 15.6 Å². The maximum absolute atomic E-state index is 12.4. The molecule has 0 aliphatic heterocycles. The van der Waals surface area contributed by atoms with Gasteiger partial charge >= 0.3 is 0 Å². The van der Waals surface area contributed by atoms with Crippen LogP contribution in [0.3, 0.4) is 0 Å². The fraction of sp³-hybridized carbons (Fsp3) is 0. The number of anilines is 2. The minimum Gasteiger partial charge on any atom is -0.399 e. The lowest BCUT2D eigenvalue weighted by atomic mass is 10.2. The third-order valence-corrected chi connectivity index (χ3v) is 5.27. The number of rotatable bonds is 3. The van der Waals surface area contributed by atoms with Crippen molar-refractivity contribution >= 4 is 48.9 Å². The highest BCUT2D eigenvalue weighted by atomic mass is 79.9. The van der Waals surface area contributed by atoms with E-state index in [4.69, 9.17) is 22.6 Å². The van der Waals surface area contributed by atoms with E-state index < -0.39 is 10.0 Å². The zero-order valence-electron chi connectivity index (χ0n) is 10.5. The summed E-state index contributed by atoms with van der Waals surface area (Å²) in [5, 5.41) is 9.05. The molecule has 0 atom stereocenters. The van der Waals surface area contributed by atoms with Crippen molar-refractivity contribution in [2.75, 3.05) is 10.5 Å². The first kappa shape index (κ1) is 15.6. The standard InChI is InChI=1S/C13H9BrClN3O2S/c14-10-3-2-9(17)6-13(10)21(19,20)18-12-5-8(7-16)1-4-11(12)15/h1-6,18H,17H2. The highest BCUT2D eigenvalue weighted by Crippen LogP contribution is 2.29. The monoisotopic (exact) mass is 385 g/mol. The molecular weight excluding hydrogens is 378 g/mol. The van der Waals surface area contributed by atoms with Crippen molar-refractivity contribution in [2.45, 2.75) is 4.90 Å². The lowest BCUT2D eigenvalue weighted by Gasteiger charge is -2.11. The van der Waals surface area contributed by atoms with Gasteiger partial charge in [-0.05, 0) is 52.3 Å². The largest absolute Gasteiger partial charge is 0.399 e. The predicted octanol–water partition coefficient (Wildman–Crippen LogP) is 3.36. The van der Waals surface area contributed by atoms with Gasteiger partial charge in [-0.2, -0.15) is 5.26 Å². The lowest BCUT2D eigenvalue weighted by molar-refractivity contribution is 0.601. The summed E-state index contributed by atoms with van der Waals surface area (Å²) in [6.45, 7) is 0. The highest BCUT2D eigenvalue weighted by Gasteiger charge is 2.19. The predicted molar refractivity (Wildman–Crippen MR) is 85.5 cm³/mol. The molecule has 0 heterocycles. The molecule has 0 unspecified atom stereocenters. The van der Waals surface area contributed by atoms with Crippen LogP contribution in [0.1, 0.15) is 5.56 Å². The number of nitrogens with two attached hydrogens (primary N) is 1. The second kappa shape index (κ2) is 5.93. The molecule has 0 spiro atoms. The molecule has 2 aromatic carbocycles. The second-order valence-corrected chi connectivity index (χ2v) is 7.01. The smallest absolute Gasteiger partial charge is 0.263 e. The quantitative estimate of drug-likeness (QED) is 0.791. The number of nitrogens with zero attached hydrogens (tertiary/aromatic N) is 1. The fourth-order valence-electron chi connectivity index (χ4n) is 1.60. The molecule has 0 saturated heterocycles. The molecule has 0 aliphatic carbocycles. The maximum atomic E-state index is 12.4. The van der Waals surface area contributed by atoms with E-state index in [9.17, 15) is 8.42 Å². The van der Waals surface area contributed by atoms with Gasteiger partial charge in [0.15, 0.2) is 0 Å². The number of hydrogen-bond acceptors (Lipinski definition) is 4. The van der Waals surface area contributed by atoms with Crippen LogP contribution >= 0.6 is 27.5 Å². The van der Waals surface area contributed by atoms with Gasteiger partial charge in [0, 0.05) is 10.2 Å². The summed E-state index contributed by atoms with van der Waals surface area (Å²) in [5.41, 5.74) is 6.35. The minimum absolute atomic E-state index is 0.0130. The third kappa shape index (κ3) is 3.47. The first-order chi connectivity index (χ1) is 9.83. The molecule has 0 radical (unpaired) electrons. The van der Waals surface area contributed by atoms with E-state index >= 15 is 0 Å². The topological polar surface area (TPSA) is 96.0 Å². The van der Waals surface area contributed by atoms with E-state index in [1.54, 1.807) is 6.07 Å². The summed E-state index contributed by atoms with van der Waals surface area (Å²) >= 11 is 9.11. The molecule has 3 N–H and O–H groups in total. The van der Waals surface area contributed by atoms with Gasteiger partial charge in [-0.25, -0.2) is 8.42 Å². The Hall–Kier alpha value is -1.75. The molecule has 0 aliphatic rings. The van der Waals surface area contributed by atoms with E-state index in [1.807, 2.05) is 6.07 Å². The molecule has 108 valence electrons. The Kier molecular flexibility index (Phi) is 4.42. The molecule has 0 aromatic heterocycles. The van der Waals surface area contributed by atoms with Gasteiger partial charge in [-0.1, -0.05) is 11.6 Å². The Morgan fingerprint density at radius 2 is 1.95 bits per heavy atom. The van der Waals surface area contributed by atoms with E-state index in [1.165, 1.54) is 30.3 Å². The number of benzene rings is 2. The number of hydrogen-bond donors (Lipinski definition) is 2. The minimum atomic E-state index is -3.88. The Labute approximate surface area is 135 Å². The molecule has 0 fully saturated rings. The molecule has 2 rings (SSSR count). The molecule has 5 nitrogen and oxygen atoms in total. The van der Waals surface area contributed by atoms with Gasteiger partial charge in [0.1, 0.15) is 4.90 Å². The molecule has 8 heteroatoms. The fourth-order valence-corrected chi connectivity index (χ4v) is 3.89. The van der Waals surface area contributed by atoms with E-state index in [0.29, 0.717) is 15.7 Å². The SMILES string of the molecule is N#Cc1ccc(Cl)c(NS(=O)(=O)c2cc(N)ccc2Br)c1. The van der Waals surface area contributed by atoms with E-state index in [2.05, 4.69) is 20.7 Å². The average Bonchev–Trinajstić information content (AvgIpc) is 2.43. The van der Waals surface area contributed by atoms with Crippen molar-refractivity contribution < 1.29 is 8.42 Å². The summed E-state index contributed by atoms with van der Waals surface area (Å²) in [4.78, 5) is -0.0130. The second-order valence-electron chi connectivity index (χ2n) is 4.10. The van der Waals surface area contributed by atoms with Crippen LogP contribution in [0.2, 0.25) is 5.02 Å². The molecule has 0 saturated carbocycles. The number of nitriles is 1. The summed E-state index contributed by atoms with van der Waals surface area (Å²) in [7, 11) is -3.88. The highest BCUT2D eigenvalue weighted by molar-refractivity contribution is 9.10. The first-order valence-corrected chi connectivity index (χ1v) is 8.26. The molecule has 21 heavy (non-hydrogen) atoms. The van der Waals surface area contributed by atoms with Crippen molar-refractivity contribution in [3.8, 4) is 6.07 Å². The Morgan fingerprint density at radius 3 is 2.62 bits per heavy atom. The van der Waals surface area contributed by atoms with Gasteiger partial charge < -0.3 is 5.73 Å². The van der Waals surface area contributed by atoms with Crippen LogP contribution in [-0.4, -0.2) is 8.42 Å². The Balaban J connectivity index is 2.47. The molecule has 0 amide bonds. The van der Waals surface area contributed by atoms with Crippen molar-refractivity contribution in [1.82, 2.24) is 0 Å². The lowest BCUT2D eigenvalue weighted by Crippen LogP contribution is -2.14. The van der Waals surface area contributed by atoms with Crippen molar-refractivity contribution in [1.29, 1.82) is 5.26 Å². The van der Waals surface area contributed by atoms with Crippen LogP contribution in [0.25, 0.3) is 0 Å². The van der Waals surface area contributed by atoms with Gasteiger partial charge in [-0.15, -0.1) is 0 Å². The maximum Gasteiger partial charge on any atom is 0.263 e. The first-order valence-electron chi connectivity index (χ1n) is 5.61. The van der Waals surface area contributed by atoms with Crippen LogP contribution in [0.15, 0.2) is 45.8 Å². The third-order valence-electron chi connectivity index (χ3n) is 2.58. The zero-order chi connectivity index (χ0) is 15.6. The number of sulfonamides is 1. The van der Waals surface area contributed by atoms with Crippen LogP contribution in [0.5, 0.6) is 0 Å². The normalized spacial score (nSPS) is 10.9. The number of halogens is 2. The van der Waals surface area contributed by atoms with Crippen LogP contribution in [0, 0.1) is 11.3 Å². The van der Waals surface area contributed by atoms with Gasteiger partial charge in [0.05, 0.1) is 22.3 Å². The van der Waals surface area contributed by atoms with Crippen LogP contribution in [-0.2, 0) is 10.0 Å². The summed E-state index contributed by atoms with van der Waals surface area (Å²) in [6.07, 6.45) is 0. The Morgan fingerprint density at radius 1 is 1.24 bits per heavy atom. The molecule has 0 bridgehead atoms. The zero-order valence-corrected chi connectivity index (χ0v) is 13.6. The number of nitrogen functional groups attached to an aromatic ring is 1. The van der Waals surface area contributed by atoms with Crippen molar-refractivity contribution in [2.24, 2.45) is 0 Å². The van der Waals surface area contributed by atoms with Gasteiger partial charge in [-0.3, -0.25) is 4.72 Å². The van der Waals surface area contributed by atoms with Crippen LogP contribution in [0.4, 0.5) is 11.4 Å². The summed E-state index contributed by atoms with van der Waals surface area (Å²) < 4.78 is 27.5. The Bertz CT molecular complexity index is 847. The molecular formula is C13H9BrClN3O2S. The van der Waals surface area contributed by atoms with Gasteiger partial charge in [0.25, 0.3) is 10.0 Å².